The first-order valence-electron chi connectivity index (χ1n) is 7.72. The second-order valence-corrected chi connectivity index (χ2v) is 6.83. The topological polar surface area (TPSA) is 18.5 Å². The van der Waals surface area contributed by atoms with Crippen LogP contribution in [0.15, 0.2) is 18.2 Å². The molecule has 0 unspecified atom stereocenters. The fraction of sp³-hybridized carbons (Fsp3) is 0.625. The highest BCUT2D eigenvalue weighted by Gasteiger charge is 2.15. The van der Waals surface area contributed by atoms with E-state index in [2.05, 4.69) is 13.8 Å². The number of hydrogen-bond donors (Lipinski definition) is 0. The molecular weight excluding hydrogens is 290 g/mol. The van der Waals surface area contributed by atoms with E-state index in [1.165, 1.54) is 12.1 Å². The molecule has 0 aliphatic carbocycles. The van der Waals surface area contributed by atoms with Gasteiger partial charge in [0.15, 0.2) is 0 Å². The summed E-state index contributed by atoms with van der Waals surface area (Å²) in [5.74, 6) is -0.979. The van der Waals surface area contributed by atoms with Gasteiger partial charge in [-0.15, -0.1) is 0 Å². The minimum absolute atomic E-state index is 0.454. The predicted molar refractivity (Wildman–Crippen MR) is 82.3 cm³/mol. The quantitative estimate of drug-likeness (QED) is 0.438. The second kappa shape index (κ2) is 10.9. The zero-order valence-corrected chi connectivity index (χ0v) is 14.0. The number of unbranched alkanes of at least 4 members (excludes halogenated alkanes) is 1. The van der Waals surface area contributed by atoms with Crippen LogP contribution in [0.3, 0.4) is 0 Å². The first-order valence-corrected chi connectivity index (χ1v) is 9.25. The zero-order valence-electron chi connectivity index (χ0n) is 13.0. The number of hydrogen-bond acceptors (Lipinski definition) is 2. The van der Waals surface area contributed by atoms with E-state index in [9.17, 15) is 8.78 Å². The van der Waals surface area contributed by atoms with Gasteiger partial charge in [0.2, 0.25) is 0 Å². The lowest BCUT2D eigenvalue weighted by Gasteiger charge is -2.14. The van der Waals surface area contributed by atoms with Crippen molar-refractivity contribution in [3.05, 3.63) is 35.4 Å². The van der Waals surface area contributed by atoms with E-state index < -0.39 is 20.9 Å². The van der Waals surface area contributed by atoms with Crippen molar-refractivity contribution >= 4 is 9.28 Å². The molecule has 21 heavy (non-hydrogen) atoms. The van der Waals surface area contributed by atoms with Gasteiger partial charge in [0.25, 0.3) is 0 Å². The Morgan fingerprint density at radius 2 is 1.67 bits per heavy atom. The maximum absolute atomic E-state index is 13.5. The average molecular weight is 315 g/mol. The molecule has 0 saturated heterocycles. The molecule has 1 aromatic rings. The average Bonchev–Trinajstić information content (AvgIpc) is 2.47. The van der Waals surface area contributed by atoms with Crippen molar-refractivity contribution in [2.75, 3.05) is 13.2 Å². The predicted octanol–water partition coefficient (Wildman–Crippen LogP) is 4.63. The first-order chi connectivity index (χ1) is 10.2. The Balaban J connectivity index is 2.29. The van der Waals surface area contributed by atoms with Gasteiger partial charge < -0.3 is 8.85 Å². The summed E-state index contributed by atoms with van der Waals surface area (Å²) >= 11 is 0. The molecule has 2 nitrogen and oxygen atoms in total. The Bertz CT molecular complexity index is 394. The third kappa shape index (κ3) is 7.69. The van der Waals surface area contributed by atoms with E-state index in [1.54, 1.807) is 0 Å². The highest BCUT2D eigenvalue weighted by Crippen LogP contribution is 2.14. The number of rotatable bonds is 11. The van der Waals surface area contributed by atoms with Gasteiger partial charge in [-0.1, -0.05) is 26.3 Å². The fourth-order valence-electron chi connectivity index (χ4n) is 1.93. The van der Waals surface area contributed by atoms with Crippen LogP contribution in [0.1, 0.15) is 45.1 Å². The van der Waals surface area contributed by atoms with Gasteiger partial charge in [-0.3, -0.25) is 0 Å². The SMILES string of the molecule is CCCO[Si](CCCCc1ccc(F)cc1F)OCCC. The molecule has 0 aliphatic rings. The number of aryl methyl sites for hydroxylation is 1. The van der Waals surface area contributed by atoms with Gasteiger partial charge in [-0.2, -0.15) is 0 Å². The minimum atomic E-state index is -1.19. The molecule has 0 amide bonds. The smallest absolute Gasteiger partial charge is 0.384 e. The molecule has 119 valence electrons. The highest BCUT2D eigenvalue weighted by atomic mass is 28.3. The van der Waals surface area contributed by atoms with Gasteiger partial charge >= 0.3 is 9.28 Å². The summed E-state index contributed by atoms with van der Waals surface area (Å²) in [5, 5.41) is 0. The van der Waals surface area contributed by atoms with Crippen LogP contribution in [0, 0.1) is 11.6 Å². The summed E-state index contributed by atoms with van der Waals surface area (Å²) in [4.78, 5) is 0. The molecule has 0 aromatic heterocycles. The molecule has 0 N–H and O–H groups in total. The molecule has 5 heteroatoms. The second-order valence-electron chi connectivity index (χ2n) is 5.01. The van der Waals surface area contributed by atoms with Crippen LogP contribution in [0.5, 0.6) is 0 Å². The van der Waals surface area contributed by atoms with Crippen molar-refractivity contribution in [2.24, 2.45) is 0 Å². The number of halogens is 2. The first kappa shape index (κ1) is 18.3. The van der Waals surface area contributed by atoms with E-state index >= 15 is 0 Å². The zero-order chi connectivity index (χ0) is 15.5. The molecule has 0 bridgehead atoms. The Morgan fingerprint density at radius 1 is 1.00 bits per heavy atom. The van der Waals surface area contributed by atoms with Gasteiger partial charge in [0.05, 0.1) is 0 Å². The molecule has 0 aliphatic heterocycles. The minimum Gasteiger partial charge on any atom is -0.393 e. The van der Waals surface area contributed by atoms with Crippen LogP contribution in [0.2, 0.25) is 6.04 Å². The van der Waals surface area contributed by atoms with Crippen LogP contribution in [-0.4, -0.2) is 22.5 Å². The van der Waals surface area contributed by atoms with E-state index in [0.717, 1.165) is 51.0 Å². The van der Waals surface area contributed by atoms with Crippen molar-refractivity contribution in [2.45, 2.75) is 52.0 Å². The lowest BCUT2D eigenvalue weighted by molar-refractivity contribution is 0.195. The summed E-state index contributed by atoms with van der Waals surface area (Å²) in [7, 11) is -1.19. The third-order valence-electron chi connectivity index (χ3n) is 3.03. The third-order valence-corrected chi connectivity index (χ3v) is 4.84. The maximum Gasteiger partial charge on any atom is 0.384 e. The Labute approximate surface area is 128 Å². The van der Waals surface area contributed by atoms with E-state index in [4.69, 9.17) is 8.85 Å². The summed E-state index contributed by atoms with van der Waals surface area (Å²) < 4.78 is 37.8. The molecule has 1 rings (SSSR count). The Morgan fingerprint density at radius 3 is 2.24 bits per heavy atom. The maximum atomic E-state index is 13.5. The summed E-state index contributed by atoms with van der Waals surface area (Å²) in [6.45, 7) is 5.64. The summed E-state index contributed by atoms with van der Waals surface area (Å²) in [5.41, 5.74) is 0.578. The van der Waals surface area contributed by atoms with Gasteiger partial charge in [0.1, 0.15) is 11.6 Å². The standard InChI is InChI=1S/C16H25F2O2Si/c1-3-10-19-21(20-11-4-2)12-6-5-7-14-8-9-15(17)13-16(14)18/h8-9,13H,3-7,10-12H2,1-2H3. The van der Waals surface area contributed by atoms with E-state index in [-0.39, 0.29) is 0 Å². The van der Waals surface area contributed by atoms with Crippen molar-refractivity contribution in [1.29, 1.82) is 0 Å². The normalized spacial score (nSPS) is 11.3. The lowest BCUT2D eigenvalue weighted by Crippen LogP contribution is -2.23. The fourth-order valence-corrected chi connectivity index (χ4v) is 3.70. The van der Waals surface area contributed by atoms with E-state index in [0.29, 0.717) is 12.0 Å². The largest absolute Gasteiger partial charge is 0.393 e. The van der Waals surface area contributed by atoms with E-state index in [1.807, 2.05) is 0 Å². The molecule has 1 radical (unpaired) electrons. The van der Waals surface area contributed by atoms with Crippen molar-refractivity contribution in [3.8, 4) is 0 Å². The molecule has 0 heterocycles. The molecule has 0 fully saturated rings. The van der Waals surface area contributed by atoms with Crippen molar-refractivity contribution in [1.82, 2.24) is 0 Å². The van der Waals surface area contributed by atoms with Gasteiger partial charge in [0, 0.05) is 19.3 Å². The molecule has 1 aromatic carbocycles. The molecular formula is C16H25F2O2Si. The van der Waals surface area contributed by atoms with Crippen LogP contribution < -0.4 is 0 Å². The van der Waals surface area contributed by atoms with Crippen LogP contribution in [0.25, 0.3) is 0 Å². The molecule has 0 atom stereocenters. The lowest BCUT2D eigenvalue weighted by atomic mass is 10.1. The molecule has 0 spiro atoms. The Kier molecular flexibility index (Phi) is 9.46. The van der Waals surface area contributed by atoms with Crippen LogP contribution in [0.4, 0.5) is 8.78 Å². The van der Waals surface area contributed by atoms with Crippen LogP contribution in [-0.2, 0) is 15.3 Å². The highest BCUT2D eigenvalue weighted by molar-refractivity contribution is 6.44. The van der Waals surface area contributed by atoms with Gasteiger partial charge in [-0.25, -0.2) is 8.78 Å². The van der Waals surface area contributed by atoms with Crippen molar-refractivity contribution in [3.63, 3.8) is 0 Å². The summed E-state index contributed by atoms with van der Waals surface area (Å²) in [6.07, 6.45) is 4.41. The van der Waals surface area contributed by atoms with Crippen LogP contribution >= 0.6 is 0 Å². The van der Waals surface area contributed by atoms with Crippen molar-refractivity contribution < 1.29 is 17.6 Å². The monoisotopic (exact) mass is 315 g/mol. The van der Waals surface area contributed by atoms with Gasteiger partial charge in [-0.05, 0) is 43.4 Å². The Hall–Kier alpha value is -0.783. The number of benzene rings is 1. The molecule has 0 saturated carbocycles. The summed E-state index contributed by atoms with van der Waals surface area (Å²) in [6, 6.07) is 4.69.